The second-order valence-electron chi connectivity index (χ2n) is 6.06. The van der Waals surface area contributed by atoms with Crippen LogP contribution in [-0.2, 0) is 0 Å². The summed E-state index contributed by atoms with van der Waals surface area (Å²) in [5.74, 6) is -0.148. The van der Waals surface area contributed by atoms with Crippen molar-refractivity contribution in [2.45, 2.75) is 52.1 Å². The molecule has 0 heterocycles. The lowest BCUT2D eigenvalue weighted by Gasteiger charge is -2.24. The Morgan fingerprint density at radius 1 is 1.05 bits per heavy atom. The summed E-state index contributed by atoms with van der Waals surface area (Å²) >= 11 is 0. The number of hydrogen-bond acceptors (Lipinski definition) is 1. The van der Waals surface area contributed by atoms with Crippen LogP contribution in [0.25, 0.3) is 0 Å². The lowest BCUT2D eigenvalue weighted by molar-refractivity contribution is 0.429. The molecule has 0 saturated heterocycles. The van der Waals surface area contributed by atoms with Crippen molar-refractivity contribution in [3.05, 3.63) is 71.0 Å². The van der Waals surface area contributed by atoms with Crippen LogP contribution in [0.3, 0.4) is 0 Å². The number of aryl methyl sites for hydroxylation is 1. The number of rotatable bonds is 7. The average molecular weight is 299 g/mol. The van der Waals surface area contributed by atoms with Crippen LogP contribution in [0, 0.1) is 12.7 Å². The van der Waals surface area contributed by atoms with Gasteiger partial charge in [-0.15, -0.1) is 0 Å². The van der Waals surface area contributed by atoms with Gasteiger partial charge in [0.2, 0.25) is 0 Å². The van der Waals surface area contributed by atoms with Crippen molar-refractivity contribution in [1.29, 1.82) is 0 Å². The van der Waals surface area contributed by atoms with E-state index in [-0.39, 0.29) is 17.9 Å². The van der Waals surface area contributed by atoms with Crippen LogP contribution in [0.15, 0.2) is 48.5 Å². The summed E-state index contributed by atoms with van der Waals surface area (Å²) in [5, 5.41) is 3.67. The fourth-order valence-corrected chi connectivity index (χ4v) is 2.86. The Bertz CT molecular complexity index is 559. The zero-order valence-corrected chi connectivity index (χ0v) is 13.8. The molecule has 0 radical (unpaired) electrons. The highest BCUT2D eigenvalue weighted by Gasteiger charge is 2.16. The zero-order valence-electron chi connectivity index (χ0n) is 13.8. The molecule has 22 heavy (non-hydrogen) atoms. The van der Waals surface area contributed by atoms with E-state index < -0.39 is 0 Å². The van der Waals surface area contributed by atoms with Gasteiger partial charge in [-0.3, -0.25) is 0 Å². The molecule has 2 rings (SSSR count). The predicted octanol–water partition coefficient (Wildman–Crippen LogP) is 5.72. The molecule has 0 aliphatic carbocycles. The van der Waals surface area contributed by atoms with Crippen molar-refractivity contribution < 1.29 is 4.39 Å². The Labute approximate surface area is 133 Å². The number of halogens is 1. The van der Waals surface area contributed by atoms with Crippen molar-refractivity contribution in [3.8, 4) is 0 Å². The Balaban J connectivity index is 2.18. The second kappa shape index (κ2) is 8.09. The summed E-state index contributed by atoms with van der Waals surface area (Å²) in [5.41, 5.74) is 3.29. The Morgan fingerprint density at radius 3 is 2.41 bits per heavy atom. The third-order valence-corrected chi connectivity index (χ3v) is 4.06. The van der Waals surface area contributed by atoms with E-state index in [1.807, 2.05) is 13.0 Å². The first-order chi connectivity index (χ1) is 10.6. The minimum Gasteiger partial charge on any atom is -0.303 e. The van der Waals surface area contributed by atoms with Crippen molar-refractivity contribution in [2.24, 2.45) is 0 Å². The van der Waals surface area contributed by atoms with E-state index in [2.05, 4.69) is 49.5 Å². The van der Waals surface area contributed by atoms with Crippen molar-refractivity contribution >= 4 is 0 Å². The molecule has 0 saturated carbocycles. The van der Waals surface area contributed by atoms with Crippen LogP contribution in [0.5, 0.6) is 0 Å². The van der Waals surface area contributed by atoms with Crippen molar-refractivity contribution in [1.82, 2.24) is 5.32 Å². The summed E-state index contributed by atoms with van der Waals surface area (Å²) in [6.45, 7) is 6.30. The van der Waals surface area contributed by atoms with Crippen LogP contribution in [0.2, 0.25) is 0 Å². The highest BCUT2D eigenvalue weighted by atomic mass is 19.1. The number of hydrogen-bond donors (Lipinski definition) is 1. The van der Waals surface area contributed by atoms with Gasteiger partial charge in [0.1, 0.15) is 5.82 Å². The van der Waals surface area contributed by atoms with Gasteiger partial charge in [0.25, 0.3) is 0 Å². The summed E-state index contributed by atoms with van der Waals surface area (Å²) in [6.07, 6.45) is 3.30. The van der Waals surface area contributed by atoms with E-state index in [9.17, 15) is 4.39 Å². The first-order valence-electron chi connectivity index (χ1n) is 8.18. The maximum Gasteiger partial charge on any atom is 0.123 e. The summed E-state index contributed by atoms with van der Waals surface area (Å²) < 4.78 is 13.7. The average Bonchev–Trinajstić information content (AvgIpc) is 2.51. The molecule has 2 aromatic carbocycles. The quantitative estimate of drug-likeness (QED) is 0.690. The molecule has 0 amide bonds. The fourth-order valence-electron chi connectivity index (χ4n) is 2.86. The van der Waals surface area contributed by atoms with E-state index in [1.54, 1.807) is 12.1 Å². The van der Waals surface area contributed by atoms with Crippen molar-refractivity contribution in [2.75, 3.05) is 0 Å². The Kier molecular flexibility index (Phi) is 6.14. The molecular weight excluding hydrogens is 273 g/mol. The van der Waals surface area contributed by atoms with Gasteiger partial charge in [-0.2, -0.15) is 0 Å². The van der Waals surface area contributed by atoms with E-state index in [0.717, 1.165) is 30.4 Å². The summed E-state index contributed by atoms with van der Waals surface area (Å²) in [6, 6.07) is 16.2. The molecule has 1 nitrogen and oxygen atoms in total. The largest absolute Gasteiger partial charge is 0.303 e. The highest BCUT2D eigenvalue weighted by molar-refractivity contribution is 5.27. The Hall–Kier alpha value is -1.67. The molecule has 2 unspecified atom stereocenters. The van der Waals surface area contributed by atoms with Gasteiger partial charge in [-0.1, -0.05) is 56.2 Å². The van der Waals surface area contributed by atoms with Gasteiger partial charge >= 0.3 is 0 Å². The van der Waals surface area contributed by atoms with Gasteiger partial charge in [-0.25, -0.2) is 4.39 Å². The highest BCUT2D eigenvalue weighted by Crippen LogP contribution is 2.25. The minimum absolute atomic E-state index is 0.148. The molecule has 0 aromatic heterocycles. The van der Waals surface area contributed by atoms with Crippen LogP contribution < -0.4 is 5.32 Å². The molecule has 2 aromatic rings. The summed E-state index contributed by atoms with van der Waals surface area (Å²) in [7, 11) is 0. The van der Waals surface area contributed by atoms with Gasteiger partial charge in [0.05, 0.1) is 0 Å². The van der Waals surface area contributed by atoms with Crippen LogP contribution in [0.1, 0.15) is 61.9 Å². The fraction of sp³-hybridized carbons (Fsp3) is 0.400. The molecule has 1 N–H and O–H groups in total. The number of nitrogens with one attached hydrogen (secondary N) is 1. The minimum atomic E-state index is -0.148. The van der Waals surface area contributed by atoms with Crippen molar-refractivity contribution in [3.63, 3.8) is 0 Å². The van der Waals surface area contributed by atoms with Gasteiger partial charge in [0, 0.05) is 12.1 Å². The maximum atomic E-state index is 13.7. The smallest absolute Gasteiger partial charge is 0.123 e. The zero-order chi connectivity index (χ0) is 15.9. The third-order valence-electron chi connectivity index (χ3n) is 4.06. The van der Waals surface area contributed by atoms with Gasteiger partial charge in [0.15, 0.2) is 0 Å². The molecule has 0 bridgehead atoms. The van der Waals surface area contributed by atoms with Gasteiger partial charge < -0.3 is 5.32 Å². The standard InChI is InChI=1S/C20H26FN/c1-4-5-11-20(18-12-15(2)13-19(21)14-18)22-16(3)17-9-7-6-8-10-17/h6-10,12-14,16,20,22H,4-5,11H2,1-3H3. The van der Waals surface area contributed by atoms with Gasteiger partial charge in [-0.05, 0) is 49.1 Å². The van der Waals surface area contributed by atoms with E-state index in [1.165, 1.54) is 5.56 Å². The molecule has 0 fully saturated rings. The normalized spacial score (nSPS) is 13.8. The third kappa shape index (κ3) is 4.67. The first-order valence-corrected chi connectivity index (χ1v) is 8.18. The molecule has 0 aliphatic heterocycles. The van der Waals surface area contributed by atoms with E-state index >= 15 is 0 Å². The van der Waals surface area contributed by atoms with Crippen LogP contribution in [-0.4, -0.2) is 0 Å². The number of unbranched alkanes of at least 4 members (excludes halogenated alkanes) is 1. The molecule has 118 valence electrons. The lowest BCUT2D eigenvalue weighted by Crippen LogP contribution is -2.25. The summed E-state index contributed by atoms with van der Waals surface area (Å²) in [4.78, 5) is 0. The number of benzene rings is 2. The van der Waals surface area contributed by atoms with E-state index in [4.69, 9.17) is 0 Å². The SMILES string of the molecule is CCCCC(NC(C)c1ccccc1)c1cc(C)cc(F)c1. The van der Waals surface area contributed by atoms with Crippen LogP contribution >= 0.6 is 0 Å². The maximum absolute atomic E-state index is 13.7. The monoisotopic (exact) mass is 299 g/mol. The topological polar surface area (TPSA) is 12.0 Å². The Morgan fingerprint density at radius 2 is 1.77 bits per heavy atom. The molecule has 0 spiro atoms. The molecule has 2 atom stereocenters. The molecular formula is C20H26FN. The van der Waals surface area contributed by atoms with E-state index in [0.29, 0.717) is 0 Å². The van der Waals surface area contributed by atoms with Crippen LogP contribution in [0.4, 0.5) is 4.39 Å². The molecule has 0 aliphatic rings. The predicted molar refractivity (Wildman–Crippen MR) is 91.4 cm³/mol. The molecule has 2 heteroatoms. The first kappa shape index (κ1) is 16.7. The second-order valence-corrected chi connectivity index (χ2v) is 6.06. The lowest BCUT2D eigenvalue weighted by atomic mass is 9.97.